The van der Waals surface area contributed by atoms with Gasteiger partial charge in [-0.25, -0.2) is 9.97 Å². The molecule has 0 fully saturated rings. The molecule has 5 heteroatoms. The van der Waals surface area contributed by atoms with E-state index in [0.717, 1.165) is 38.2 Å². The van der Waals surface area contributed by atoms with Crippen molar-refractivity contribution in [3.05, 3.63) is 47.5 Å². The molecule has 112 valence electrons. The minimum atomic E-state index is 0.901. The van der Waals surface area contributed by atoms with Crippen LogP contribution in [0.1, 0.15) is 5.56 Å². The lowest BCUT2D eigenvalue weighted by Crippen LogP contribution is -1.88. The minimum Gasteiger partial charge on any atom is -0.496 e. The number of ether oxygens (including phenoxy) is 1. The SMILES string of the molecule is COc1ccc(-c2csc(-c3ccnc(SC)c3)n2)cc1C. The summed E-state index contributed by atoms with van der Waals surface area (Å²) in [5, 5.41) is 4.12. The largest absolute Gasteiger partial charge is 0.496 e. The van der Waals surface area contributed by atoms with Gasteiger partial charge in [0.15, 0.2) is 0 Å². The highest BCUT2D eigenvalue weighted by atomic mass is 32.2. The lowest BCUT2D eigenvalue weighted by molar-refractivity contribution is 0.412. The Labute approximate surface area is 138 Å². The van der Waals surface area contributed by atoms with Crippen molar-refractivity contribution in [3.63, 3.8) is 0 Å². The number of nitrogens with zero attached hydrogens (tertiary/aromatic N) is 2. The van der Waals surface area contributed by atoms with Gasteiger partial charge in [0.05, 0.1) is 17.8 Å². The van der Waals surface area contributed by atoms with Crippen LogP contribution in [0.15, 0.2) is 46.9 Å². The Hall–Kier alpha value is -1.85. The molecule has 3 rings (SSSR count). The van der Waals surface area contributed by atoms with Crippen LogP contribution in [-0.2, 0) is 0 Å². The minimum absolute atomic E-state index is 0.901. The Bertz CT molecular complexity index is 799. The normalized spacial score (nSPS) is 10.7. The molecular formula is C17H16N2OS2. The summed E-state index contributed by atoms with van der Waals surface area (Å²) in [6.45, 7) is 2.04. The van der Waals surface area contributed by atoms with E-state index in [0.29, 0.717) is 0 Å². The van der Waals surface area contributed by atoms with Gasteiger partial charge in [-0.1, -0.05) is 0 Å². The Morgan fingerprint density at radius 1 is 1.14 bits per heavy atom. The van der Waals surface area contributed by atoms with E-state index in [1.165, 1.54) is 0 Å². The molecule has 0 unspecified atom stereocenters. The third-order valence-corrected chi connectivity index (χ3v) is 4.92. The highest BCUT2D eigenvalue weighted by Crippen LogP contribution is 2.31. The first-order valence-corrected chi connectivity index (χ1v) is 8.92. The Kier molecular flexibility index (Phi) is 4.45. The van der Waals surface area contributed by atoms with Gasteiger partial charge in [-0.2, -0.15) is 0 Å². The van der Waals surface area contributed by atoms with E-state index in [4.69, 9.17) is 9.72 Å². The van der Waals surface area contributed by atoms with Crippen molar-refractivity contribution in [2.75, 3.05) is 13.4 Å². The van der Waals surface area contributed by atoms with E-state index >= 15 is 0 Å². The molecule has 3 aromatic rings. The Morgan fingerprint density at radius 2 is 2.00 bits per heavy atom. The van der Waals surface area contributed by atoms with E-state index < -0.39 is 0 Å². The number of hydrogen-bond donors (Lipinski definition) is 0. The summed E-state index contributed by atoms with van der Waals surface area (Å²) in [6, 6.07) is 10.2. The Morgan fingerprint density at radius 3 is 2.73 bits per heavy atom. The first-order valence-electron chi connectivity index (χ1n) is 6.82. The zero-order chi connectivity index (χ0) is 15.5. The van der Waals surface area contributed by atoms with Gasteiger partial charge in [-0.05, 0) is 49.1 Å². The summed E-state index contributed by atoms with van der Waals surface area (Å²) < 4.78 is 5.31. The molecule has 0 amide bonds. The van der Waals surface area contributed by atoms with Crippen molar-refractivity contribution < 1.29 is 4.74 Å². The van der Waals surface area contributed by atoms with E-state index in [2.05, 4.69) is 22.5 Å². The highest BCUT2D eigenvalue weighted by Gasteiger charge is 2.09. The summed E-state index contributed by atoms with van der Waals surface area (Å²) in [4.78, 5) is 9.07. The number of thiazole rings is 1. The van der Waals surface area contributed by atoms with E-state index in [-0.39, 0.29) is 0 Å². The van der Waals surface area contributed by atoms with Crippen molar-refractivity contribution in [1.82, 2.24) is 9.97 Å². The van der Waals surface area contributed by atoms with Gasteiger partial charge >= 0.3 is 0 Å². The summed E-state index contributed by atoms with van der Waals surface area (Å²) in [5.41, 5.74) is 4.33. The van der Waals surface area contributed by atoms with Crippen molar-refractivity contribution in [1.29, 1.82) is 0 Å². The molecule has 0 saturated carbocycles. The van der Waals surface area contributed by atoms with Crippen LogP contribution in [0, 0.1) is 6.92 Å². The standard InChI is InChI=1S/C17H16N2OS2/c1-11-8-12(4-5-15(11)20-2)14-10-22-17(19-14)13-6-7-18-16(9-13)21-3/h4-10H,1-3H3. The average molecular weight is 328 g/mol. The first kappa shape index (κ1) is 15.1. The monoisotopic (exact) mass is 328 g/mol. The zero-order valence-electron chi connectivity index (χ0n) is 12.7. The van der Waals surface area contributed by atoms with Crippen molar-refractivity contribution in [2.45, 2.75) is 11.9 Å². The maximum Gasteiger partial charge on any atom is 0.124 e. The number of aryl methyl sites for hydroxylation is 1. The number of thioether (sulfide) groups is 1. The number of pyridine rings is 1. The van der Waals surface area contributed by atoms with Crippen LogP contribution in [0.3, 0.4) is 0 Å². The maximum absolute atomic E-state index is 5.31. The second-order valence-corrected chi connectivity index (χ2v) is 6.49. The van der Waals surface area contributed by atoms with Gasteiger partial charge in [0, 0.05) is 22.7 Å². The molecule has 0 spiro atoms. The number of rotatable bonds is 4. The van der Waals surface area contributed by atoms with E-state index in [1.807, 2.05) is 37.6 Å². The predicted octanol–water partition coefficient (Wildman–Crippen LogP) is 4.91. The number of hydrogen-bond acceptors (Lipinski definition) is 5. The molecule has 3 nitrogen and oxygen atoms in total. The number of benzene rings is 1. The summed E-state index contributed by atoms with van der Waals surface area (Å²) >= 11 is 3.29. The van der Waals surface area contributed by atoms with Crippen LogP contribution in [0.5, 0.6) is 5.75 Å². The summed E-state index contributed by atoms with van der Waals surface area (Å²) in [5.74, 6) is 0.901. The van der Waals surface area contributed by atoms with E-state index in [9.17, 15) is 0 Å². The van der Waals surface area contributed by atoms with Crippen LogP contribution in [0.2, 0.25) is 0 Å². The second kappa shape index (κ2) is 6.50. The molecule has 1 aromatic carbocycles. The third kappa shape index (κ3) is 3.00. The van der Waals surface area contributed by atoms with Gasteiger partial charge in [0.2, 0.25) is 0 Å². The smallest absolute Gasteiger partial charge is 0.124 e. The molecule has 0 atom stereocenters. The molecule has 2 heterocycles. The number of aromatic nitrogens is 2. The average Bonchev–Trinajstić information content (AvgIpc) is 3.05. The lowest BCUT2D eigenvalue weighted by Gasteiger charge is -2.05. The molecule has 0 radical (unpaired) electrons. The van der Waals surface area contributed by atoms with Crippen molar-refractivity contribution >= 4 is 23.1 Å². The van der Waals surface area contributed by atoms with E-state index in [1.54, 1.807) is 30.2 Å². The molecule has 0 aliphatic carbocycles. The molecule has 0 aliphatic rings. The van der Waals surface area contributed by atoms with Crippen LogP contribution in [0.25, 0.3) is 21.8 Å². The predicted molar refractivity (Wildman–Crippen MR) is 93.9 cm³/mol. The van der Waals surface area contributed by atoms with Gasteiger partial charge in [-0.15, -0.1) is 23.1 Å². The molecule has 0 aliphatic heterocycles. The molecule has 0 bridgehead atoms. The molecule has 22 heavy (non-hydrogen) atoms. The van der Waals surface area contributed by atoms with Gasteiger partial charge < -0.3 is 4.74 Å². The van der Waals surface area contributed by atoms with Crippen LogP contribution in [0.4, 0.5) is 0 Å². The fourth-order valence-electron chi connectivity index (χ4n) is 2.23. The van der Waals surface area contributed by atoms with Crippen LogP contribution in [-0.4, -0.2) is 23.3 Å². The fourth-order valence-corrected chi connectivity index (χ4v) is 3.47. The van der Waals surface area contributed by atoms with Crippen molar-refractivity contribution in [3.8, 4) is 27.6 Å². The maximum atomic E-state index is 5.31. The van der Waals surface area contributed by atoms with Crippen LogP contribution >= 0.6 is 23.1 Å². The lowest BCUT2D eigenvalue weighted by atomic mass is 10.1. The fraction of sp³-hybridized carbons (Fsp3) is 0.176. The molecule has 0 N–H and O–H groups in total. The van der Waals surface area contributed by atoms with Gasteiger partial charge in [0.25, 0.3) is 0 Å². The molecule has 0 saturated heterocycles. The van der Waals surface area contributed by atoms with Gasteiger partial charge in [0.1, 0.15) is 10.8 Å². The Balaban J connectivity index is 1.94. The summed E-state index contributed by atoms with van der Waals surface area (Å²) in [7, 11) is 1.69. The molecular weight excluding hydrogens is 312 g/mol. The second-order valence-electron chi connectivity index (χ2n) is 4.81. The topological polar surface area (TPSA) is 35.0 Å². The number of methoxy groups -OCH3 is 1. The summed E-state index contributed by atoms with van der Waals surface area (Å²) in [6.07, 6.45) is 3.86. The highest BCUT2D eigenvalue weighted by molar-refractivity contribution is 7.98. The third-order valence-electron chi connectivity index (χ3n) is 3.39. The van der Waals surface area contributed by atoms with Crippen LogP contribution < -0.4 is 4.74 Å². The van der Waals surface area contributed by atoms with Gasteiger partial charge in [-0.3, -0.25) is 0 Å². The van der Waals surface area contributed by atoms with Crippen molar-refractivity contribution in [2.24, 2.45) is 0 Å². The quantitative estimate of drug-likeness (QED) is 0.637. The first-order chi connectivity index (χ1) is 10.7. The molecule has 2 aromatic heterocycles. The zero-order valence-corrected chi connectivity index (χ0v) is 14.3.